The van der Waals surface area contributed by atoms with Gasteiger partial charge in [0.15, 0.2) is 0 Å². The second-order valence-electron chi connectivity index (χ2n) is 8.17. The normalized spacial score (nSPS) is 10.8. The SMILES string of the molecule is Cc1ccc(-c2cnc3ccccc3n2)cc1NC(=O)c1ccc(OCc2ccc(Br)cc2)cc1. The Labute approximate surface area is 212 Å². The summed E-state index contributed by atoms with van der Waals surface area (Å²) in [6.07, 6.45) is 1.76. The van der Waals surface area contributed by atoms with Gasteiger partial charge in [-0.1, -0.05) is 52.3 Å². The Balaban J connectivity index is 1.28. The molecule has 0 bridgehead atoms. The molecule has 5 rings (SSSR count). The highest BCUT2D eigenvalue weighted by Crippen LogP contribution is 2.26. The predicted octanol–water partition coefficient (Wildman–Crippen LogP) is 7.20. The van der Waals surface area contributed by atoms with Crippen molar-refractivity contribution in [2.75, 3.05) is 5.32 Å². The van der Waals surface area contributed by atoms with Gasteiger partial charge in [0.05, 0.1) is 22.9 Å². The van der Waals surface area contributed by atoms with Crippen molar-refractivity contribution in [3.05, 3.63) is 118 Å². The molecule has 6 heteroatoms. The van der Waals surface area contributed by atoms with Gasteiger partial charge < -0.3 is 10.1 Å². The molecule has 0 atom stereocenters. The first-order chi connectivity index (χ1) is 17.0. The van der Waals surface area contributed by atoms with Crippen LogP contribution in [0.15, 0.2) is 102 Å². The van der Waals surface area contributed by atoms with E-state index in [1.807, 2.05) is 85.8 Å². The summed E-state index contributed by atoms with van der Waals surface area (Å²) >= 11 is 3.43. The van der Waals surface area contributed by atoms with E-state index in [-0.39, 0.29) is 5.91 Å². The number of fused-ring (bicyclic) bond motifs is 1. The fourth-order valence-electron chi connectivity index (χ4n) is 3.66. The van der Waals surface area contributed by atoms with Crippen molar-refractivity contribution in [1.82, 2.24) is 9.97 Å². The standard InChI is InChI=1S/C29H22BrN3O2/c1-19-6-9-22(28-17-31-25-4-2-3-5-26(25)32-28)16-27(19)33-29(34)21-10-14-24(15-11-21)35-18-20-7-12-23(30)13-8-20/h2-17H,18H2,1H3,(H,33,34). The van der Waals surface area contributed by atoms with Crippen LogP contribution in [0.25, 0.3) is 22.3 Å². The lowest BCUT2D eigenvalue weighted by atomic mass is 10.1. The van der Waals surface area contributed by atoms with Crippen LogP contribution in [-0.4, -0.2) is 15.9 Å². The summed E-state index contributed by atoms with van der Waals surface area (Å²) < 4.78 is 6.87. The van der Waals surface area contributed by atoms with E-state index in [9.17, 15) is 4.79 Å². The van der Waals surface area contributed by atoms with Crippen molar-refractivity contribution in [1.29, 1.82) is 0 Å². The molecule has 0 aliphatic heterocycles. The molecule has 0 fully saturated rings. The molecule has 1 heterocycles. The van der Waals surface area contributed by atoms with Gasteiger partial charge in [0.25, 0.3) is 5.91 Å². The zero-order valence-corrected chi connectivity index (χ0v) is 20.6. The van der Waals surface area contributed by atoms with E-state index in [4.69, 9.17) is 9.72 Å². The van der Waals surface area contributed by atoms with Gasteiger partial charge in [-0.3, -0.25) is 9.78 Å². The van der Waals surface area contributed by atoms with E-state index in [1.165, 1.54) is 0 Å². The minimum absolute atomic E-state index is 0.186. The Kier molecular flexibility index (Phi) is 6.55. The molecular weight excluding hydrogens is 502 g/mol. The number of halogens is 1. The summed E-state index contributed by atoms with van der Waals surface area (Å²) in [7, 11) is 0. The quantitative estimate of drug-likeness (QED) is 0.255. The van der Waals surface area contributed by atoms with Crippen LogP contribution >= 0.6 is 15.9 Å². The second-order valence-corrected chi connectivity index (χ2v) is 9.08. The lowest BCUT2D eigenvalue weighted by Gasteiger charge is -2.12. The molecule has 5 aromatic rings. The number of hydrogen-bond donors (Lipinski definition) is 1. The highest BCUT2D eigenvalue weighted by Gasteiger charge is 2.11. The fraction of sp³-hybridized carbons (Fsp3) is 0.0690. The van der Waals surface area contributed by atoms with Crippen LogP contribution in [0.5, 0.6) is 5.75 Å². The number of para-hydroxylation sites is 2. The predicted molar refractivity (Wildman–Crippen MR) is 143 cm³/mol. The third kappa shape index (κ3) is 5.39. The van der Waals surface area contributed by atoms with Gasteiger partial charge in [0.1, 0.15) is 12.4 Å². The Morgan fingerprint density at radius 1 is 0.914 bits per heavy atom. The molecule has 35 heavy (non-hydrogen) atoms. The Morgan fingerprint density at radius 3 is 2.43 bits per heavy atom. The smallest absolute Gasteiger partial charge is 0.255 e. The van der Waals surface area contributed by atoms with Crippen LogP contribution in [0.2, 0.25) is 0 Å². The van der Waals surface area contributed by atoms with Gasteiger partial charge in [-0.25, -0.2) is 4.98 Å². The van der Waals surface area contributed by atoms with Crippen LogP contribution in [0.3, 0.4) is 0 Å². The van der Waals surface area contributed by atoms with Gasteiger partial charge >= 0.3 is 0 Å². The van der Waals surface area contributed by atoms with E-state index in [2.05, 4.69) is 26.2 Å². The maximum absolute atomic E-state index is 12.9. The number of nitrogens with one attached hydrogen (secondary N) is 1. The first kappa shape index (κ1) is 22.7. The number of anilines is 1. The lowest BCUT2D eigenvalue weighted by Crippen LogP contribution is -2.12. The van der Waals surface area contributed by atoms with Crippen molar-refractivity contribution < 1.29 is 9.53 Å². The third-order valence-electron chi connectivity index (χ3n) is 5.67. The van der Waals surface area contributed by atoms with E-state index >= 15 is 0 Å². The fourth-order valence-corrected chi connectivity index (χ4v) is 3.92. The molecular formula is C29H22BrN3O2. The lowest BCUT2D eigenvalue weighted by molar-refractivity contribution is 0.102. The number of aryl methyl sites for hydroxylation is 1. The molecule has 172 valence electrons. The van der Waals surface area contributed by atoms with Gasteiger partial charge in [-0.15, -0.1) is 0 Å². The monoisotopic (exact) mass is 523 g/mol. The van der Waals surface area contributed by atoms with Crippen LogP contribution in [-0.2, 0) is 6.61 Å². The maximum Gasteiger partial charge on any atom is 0.255 e. The number of ether oxygens (including phenoxy) is 1. The zero-order chi connectivity index (χ0) is 24.2. The molecule has 0 spiro atoms. The summed E-state index contributed by atoms with van der Waals surface area (Å²) in [5, 5.41) is 3.02. The van der Waals surface area contributed by atoms with E-state index < -0.39 is 0 Å². The molecule has 0 radical (unpaired) electrons. The minimum Gasteiger partial charge on any atom is -0.489 e. The Bertz CT molecular complexity index is 1500. The van der Waals surface area contributed by atoms with Crippen molar-refractivity contribution in [3.8, 4) is 17.0 Å². The van der Waals surface area contributed by atoms with Crippen molar-refractivity contribution in [2.45, 2.75) is 13.5 Å². The highest BCUT2D eigenvalue weighted by atomic mass is 79.9. The molecule has 0 aliphatic rings. The van der Waals surface area contributed by atoms with E-state index in [0.29, 0.717) is 17.9 Å². The van der Waals surface area contributed by atoms with Crippen LogP contribution < -0.4 is 10.1 Å². The summed E-state index contributed by atoms with van der Waals surface area (Å²) in [5.74, 6) is 0.520. The molecule has 0 unspecified atom stereocenters. The Hall–Kier alpha value is -4.03. The molecule has 0 saturated heterocycles. The maximum atomic E-state index is 12.9. The van der Waals surface area contributed by atoms with E-state index in [0.717, 1.165) is 43.6 Å². The highest BCUT2D eigenvalue weighted by molar-refractivity contribution is 9.10. The number of carbonyl (C=O) groups excluding carboxylic acids is 1. The first-order valence-corrected chi connectivity index (χ1v) is 12.0. The van der Waals surface area contributed by atoms with Crippen LogP contribution in [0.1, 0.15) is 21.5 Å². The molecule has 0 aliphatic carbocycles. The molecule has 1 aromatic heterocycles. The van der Waals surface area contributed by atoms with Gasteiger partial charge in [0, 0.05) is 21.3 Å². The Morgan fingerprint density at radius 2 is 1.66 bits per heavy atom. The topological polar surface area (TPSA) is 64.1 Å². The zero-order valence-electron chi connectivity index (χ0n) is 19.0. The summed E-state index contributed by atoms with van der Waals surface area (Å²) in [6.45, 7) is 2.42. The van der Waals surface area contributed by atoms with Gasteiger partial charge in [-0.05, 0) is 72.6 Å². The number of hydrogen-bond acceptors (Lipinski definition) is 4. The number of carbonyl (C=O) groups is 1. The number of rotatable bonds is 6. The average molecular weight is 524 g/mol. The molecule has 0 saturated carbocycles. The van der Waals surface area contributed by atoms with Crippen molar-refractivity contribution in [2.24, 2.45) is 0 Å². The molecule has 1 amide bonds. The second kappa shape index (κ2) is 10.1. The van der Waals surface area contributed by atoms with Gasteiger partial charge in [-0.2, -0.15) is 0 Å². The summed E-state index contributed by atoms with van der Waals surface area (Å²) in [4.78, 5) is 22.1. The van der Waals surface area contributed by atoms with Crippen molar-refractivity contribution in [3.63, 3.8) is 0 Å². The molecule has 5 nitrogen and oxygen atoms in total. The third-order valence-corrected chi connectivity index (χ3v) is 6.19. The minimum atomic E-state index is -0.186. The largest absolute Gasteiger partial charge is 0.489 e. The summed E-state index contributed by atoms with van der Waals surface area (Å²) in [5.41, 5.74) is 6.65. The van der Waals surface area contributed by atoms with E-state index in [1.54, 1.807) is 18.3 Å². The summed E-state index contributed by atoms with van der Waals surface area (Å²) in [6, 6.07) is 28.8. The number of benzene rings is 4. The van der Waals surface area contributed by atoms with Crippen molar-refractivity contribution >= 4 is 38.6 Å². The van der Waals surface area contributed by atoms with Crippen LogP contribution in [0, 0.1) is 6.92 Å². The number of amides is 1. The number of nitrogens with zero attached hydrogens (tertiary/aromatic N) is 2. The molecule has 1 N–H and O–H groups in total. The molecule has 4 aromatic carbocycles. The van der Waals surface area contributed by atoms with Gasteiger partial charge in [0.2, 0.25) is 0 Å². The number of aromatic nitrogens is 2. The van der Waals surface area contributed by atoms with Crippen LogP contribution in [0.4, 0.5) is 5.69 Å². The first-order valence-electron chi connectivity index (χ1n) is 11.2. The average Bonchev–Trinajstić information content (AvgIpc) is 2.89.